The van der Waals surface area contributed by atoms with Gasteiger partial charge in [0.2, 0.25) is 0 Å². The number of amides is 1. The van der Waals surface area contributed by atoms with Crippen molar-refractivity contribution < 1.29 is 19.6 Å². The minimum absolute atomic E-state index is 0.117. The smallest absolute Gasteiger partial charge is 0.329 e. The first-order chi connectivity index (χ1) is 9.92. The largest absolute Gasteiger partial charge is 0.479 e. The predicted octanol–water partition coefficient (Wildman–Crippen LogP) is 2.52. The third-order valence-corrected chi connectivity index (χ3v) is 4.69. The highest BCUT2D eigenvalue weighted by molar-refractivity contribution is 7.13. The van der Waals surface area contributed by atoms with Gasteiger partial charge in [-0.05, 0) is 19.3 Å². The van der Waals surface area contributed by atoms with Gasteiger partial charge in [0.05, 0.1) is 10.5 Å². The summed E-state index contributed by atoms with van der Waals surface area (Å²) in [6, 6.07) is 1.21. The van der Waals surface area contributed by atoms with Crippen LogP contribution in [-0.4, -0.2) is 38.9 Å². The standard InChI is InChI=1S/C13H16N2O5S/c1-2-4-13(12(17)18)5-3-6-14(13)11(16)9-7-10(15(19)20)21-8-9/h7-8H,2-6H2,1H3,(H,17,18). The minimum Gasteiger partial charge on any atom is -0.479 e. The van der Waals surface area contributed by atoms with Crippen LogP contribution in [-0.2, 0) is 4.79 Å². The maximum atomic E-state index is 12.5. The van der Waals surface area contributed by atoms with Crippen LogP contribution in [0.4, 0.5) is 5.00 Å². The molecule has 0 aliphatic carbocycles. The molecule has 1 fully saturated rings. The topological polar surface area (TPSA) is 101 Å². The average molecular weight is 312 g/mol. The average Bonchev–Trinajstić information content (AvgIpc) is 3.05. The Morgan fingerprint density at radius 1 is 1.57 bits per heavy atom. The summed E-state index contributed by atoms with van der Waals surface area (Å²) in [5.74, 6) is -1.44. The normalized spacial score (nSPS) is 21.5. The fourth-order valence-corrected chi connectivity index (χ4v) is 3.56. The second kappa shape index (κ2) is 5.80. The lowest BCUT2D eigenvalue weighted by molar-refractivity contribution is -0.380. The van der Waals surface area contributed by atoms with E-state index >= 15 is 0 Å². The molecule has 0 aromatic carbocycles. The maximum absolute atomic E-state index is 12.5. The van der Waals surface area contributed by atoms with Gasteiger partial charge in [-0.3, -0.25) is 14.9 Å². The molecule has 1 unspecified atom stereocenters. The van der Waals surface area contributed by atoms with Crippen molar-refractivity contribution in [2.75, 3.05) is 6.54 Å². The Morgan fingerprint density at radius 3 is 2.81 bits per heavy atom. The molecule has 1 aromatic rings. The van der Waals surface area contributed by atoms with Crippen molar-refractivity contribution in [3.8, 4) is 0 Å². The quantitative estimate of drug-likeness (QED) is 0.665. The summed E-state index contributed by atoms with van der Waals surface area (Å²) in [6.07, 6.45) is 2.10. The third kappa shape index (κ3) is 2.63. The molecule has 0 spiro atoms. The lowest BCUT2D eigenvalue weighted by Crippen LogP contribution is -2.53. The monoisotopic (exact) mass is 312 g/mol. The summed E-state index contributed by atoms with van der Waals surface area (Å²) in [5.41, 5.74) is -0.988. The van der Waals surface area contributed by atoms with Crippen LogP contribution in [0.3, 0.4) is 0 Å². The zero-order valence-electron chi connectivity index (χ0n) is 11.6. The van der Waals surface area contributed by atoms with Gasteiger partial charge < -0.3 is 10.0 Å². The first kappa shape index (κ1) is 15.4. The minimum atomic E-state index is -1.18. The van der Waals surface area contributed by atoms with Gasteiger partial charge >= 0.3 is 11.0 Å². The predicted molar refractivity (Wildman–Crippen MR) is 76.5 cm³/mol. The highest BCUT2D eigenvalue weighted by Gasteiger charge is 2.49. The molecule has 2 heterocycles. The zero-order chi connectivity index (χ0) is 15.6. The second-order valence-corrected chi connectivity index (χ2v) is 5.97. The molecule has 1 aliphatic rings. The summed E-state index contributed by atoms with van der Waals surface area (Å²) >= 11 is 0.873. The number of nitrogens with zero attached hydrogens (tertiary/aromatic N) is 2. The number of carboxylic acids is 1. The highest BCUT2D eigenvalue weighted by Crippen LogP contribution is 2.36. The molecule has 1 aliphatic heterocycles. The van der Waals surface area contributed by atoms with Crippen molar-refractivity contribution in [2.45, 2.75) is 38.1 Å². The molecule has 7 nitrogen and oxygen atoms in total. The first-order valence-corrected chi connectivity index (χ1v) is 7.58. The van der Waals surface area contributed by atoms with E-state index in [4.69, 9.17) is 0 Å². The van der Waals surface area contributed by atoms with Crippen molar-refractivity contribution >= 4 is 28.2 Å². The van der Waals surface area contributed by atoms with E-state index in [-0.39, 0.29) is 10.6 Å². The van der Waals surface area contributed by atoms with Gasteiger partial charge in [0.15, 0.2) is 0 Å². The van der Waals surface area contributed by atoms with Crippen LogP contribution < -0.4 is 0 Å². The molecule has 0 bridgehead atoms. The van der Waals surface area contributed by atoms with Crippen LogP contribution in [0.1, 0.15) is 43.0 Å². The molecule has 1 atom stereocenters. The fourth-order valence-electron chi connectivity index (χ4n) is 2.87. The van der Waals surface area contributed by atoms with E-state index in [1.54, 1.807) is 0 Å². The first-order valence-electron chi connectivity index (χ1n) is 6.70. The molecule has 21 heavy (non-hydrogen) atoms. The molecule has 1 N–H and O–H groups in total. The molecule has 1 saturated heterocycles. The van der Waals surface area contributed by atoms with Crippen LogP contribution >= 0.6 is 11.3 Å². The van der Waals surface area contributed by atoms with E-state index in [1.165, 1.54) is 16.3 Å². The van der Waals surface area contributed by atoms with Crippen LogP contribution in [0, 0.1) is 10.1 Å². The van der Waals surface area contributed by atoms with Gasteiger partial charge in [0.1, 0.15) is 5.54 Å². The van der Waals surface area contributed by atoms with Gasteiger partial charge in [0, 0.05) is 18.0 Å². The maximum Gasteiger partial charge on any atom is 0.329 e. The van der Waals surface area contributed by atoms with Crippen molar-refractivity contribution in [3.05, 3.63) is 27.1 Å². The Kier molecular flexibility index (Phi) is 4.26. The zero-order valence-corrected chi connectivity index (χ0v) is 12.4. The van der Waals surface area contributed by atoms with E-state index in [9.17, 15) is 24.8 Å². The Bertz CT molecular complexity index is 585. The summed E-state index contributed by atoms with van der Waals surface area (Å²) in [6.45, 7) is 2.25. The van der Waals surface area contributed by atoms with Crippen LogP contribution in [0.15, 0.2) is 11.4 Å². The Hall–Kier alpha value is -1.96. The molecule has 1 amide bonds. The summed E-state index contributed by atoms with van der Waals surface area (Å²) in [4.78, 5) is 35.7. The number of likely N-dealkylation sites (tertiary alicyclic amines) is 1. The summed E-state index contributed by atoms with van der Waals surface area (Å²) in [7, 11) is 0. The molecule has 1 aromatic heterocycles. The number of carboxylic acid groups (broad SMARTS) is 1. The molecule has 0 radical (unpaired) electrons. The molecule has 2 rings (SSSR count). The third-order valence-electron chi connectivity index (χ3n) is 3.81. The van der Waals surface area contributed by atoms with E-state index in [1.807, 2.05) is 6.92 Å². The summed E-state index contributed by atoms with van der Waals surface area (Å²) in [5, 5.41) is 21.5. The van der Waals surface area contributed by atoms with E-state index < -0.39 is 22.3 Å². The number of hydrogen-bond donors (Lipinski definition) is 1. The molecular formula is C13H16N2O5S. The number of thiophene rings is 1. The number of carbonyl (C=O) groups is 2. The lowest BCUT2D eigenvalue weighted by atomic mass is 9.90. The molecule has 8 heteroatoms. The Morgan fingerprint density at radius 2 is 2.29 bits per heavy atom. The van der Waals surface area contributed by atoms with Gasteiger partial charge in [0.25, 0.3) is 5.91 Å². The molecular weight excluding hydrogens is 296 g/mol. The van der Waals surface area contributed by atoms with E-state index in [2.05, 4.69) is 0 Å². The van der Waals surface area contributed by atoms with E-state index in [0.29, 0.717) is 32.2 Å². The fraction of sp³-hybridized carbons (Fsp3) is 0.538. The second-order valence-electron chi connectivity index (χ2n) is 5.08. The number of aliphatic carboxylic acids is 1. The molecule has 0 saturated carbocycles. The van der Waals surface area contributed by atoms with Crippen LogP contribution in [0.25, 0.3) is 0 Å². The number of nitro groups is 1. The van der Waals surface area contributed by atoms with Gasteiger partial charge in [-0.15, -0.1) is 0 Å². The van der Waals surface area contributed by atoms with Crippen LogP contribution in [0.2, 0.25) is 0 Å². The van der Waals surface area contributed by atoms with Gasteiger partial charge in [-0.25, -0.2) is 4.79 Å². The van der Waals surface area contributed by atoms with E-state index in [0.717, 1.165) is 11.3 Å². The van der Waals surface area contributed by atoms with Crippen molar-refractivity contribution in [3.63, 3.8) is 0 Å². The van der Waals surface area contributed by atoms with Crippen molar-refractivity contribution in [1.82, 2.24) is 4.90 Å². The number of hydrogen-bond acceptors (Lipinski definition) is 5. The molecule has 114 valence electrons. The Balaban J connectivity index is 2.31. The van der Waals surface area contributed by atoms with Gasteiger partial charge in [-0.2, -0.15) is 0 Å². The highest BCUT2D eigenvalue weighted by atomic mass is 32.1. The van der Waals surface area contributed by atoms with Crippen molar-refractivity contribution in [1.29, 1.82) is 0 Å². The number of carbonyl (C=O) groups excluding carboxylic acids is 1. The SMILES string of the molecule is CCCC1(C(=O)O)CCCN1C(=O)c1csc([N+](=O)[O-])c1. The lowest BCUT2D eigenvalue weighted by Gasteiger charge is -2.34. The van der Waals surface area contributed by atoms with Crippen molar-refractivity contribution in [2.24, 2.45) is 0 Å². The van der Waals surface area contributed by atoms with Crippen LogP contribution in [0.5, 0.6) is 0 Å². The number of rotatable bonds is 5. The van der Waals surface area contributed by atoms with Gasteiger partial charge in [-0.1, -0.05) is 24.7 Å². The Labute approximate surface area is 125 Å². The summed E-state index contributed by atoms with van der Waals surface area (Å²) < 4.78 is 0.